The topological polar surface area (TPSA) is 231 Å². The van der Waals surface area contributed by atoms with E-state index in [0.29, 0.717) is 19.3 Å². The van der Waals surface area contributed by atoms with Crippen molar-refractivity contribution in [1.82, 2.24) is 0 Å². The standard InChI is InChI=1S/C73H126O16P2/c1-4-7-10-13-16-19-22-25-28-30-32-33-35-37-39-41-44-47-50-53-56-59-71(76)83-62-68(74)63-85-90(79,80)86-64-69(75)65-87-91(81,82)88-67-70(89-73(78)61-58-55-52-49-46-43-38-27-24-21-18-15-12-9-6-3)66-84-72(77)60-57-54-51-48-45-42-40-36-34-31-29-26-23-20-17-14-11-8-5-2/h7,10,16-17,19-20,25-26,28-29,32-34,36-37,39,44,47,68-70,74-75H,4-6,8-9,11-15,18,21-24,27,30-31,35,38,40-43,45-46,48-67H2,1-3H3,(H,79,80)(H,81,82)/b10-7-,19-16-,20-17-,28-25-,29-26-,33-32-,36-34-,39-37-,47-44-. The summed E-state index contributed by atoms with van der Waals surface area (Å²) in [7, 11) is -9.79. The molecule has 524 valence electrons. The Morgan fingerprint density at radius 3 is 0.967 bits per heavy atom. The zero-order valence-corrected chi connectivity index (χ0v) is 58.5. The maximum Gasteiger partial charge on any atom is 0.472 e. The Hall–Kier alpha value is -3.79. The SMILES string of the molecule is CC/C=C\C/C=C\C/C=C\C/C=C\C/C=C\C/C=C\CCCCC(=O)OCC(O)COP(=O)(O)OCC(O)COP(=O)(O)OCC(COC(=O)CCCCCCCC/C=C\C/C=C\C/C=C\CCCCC)OC(=O)CCCCCCCCCCCCCCCCC. The molecule has 4 N–H and O–H groups in total. The molecule has 0 aromatic heterocycles. The summed E-state index contributed by atoms with van der Waals surface area (Å²) < 4.78 is 60.9. The van der Waals surface area contributed by atoms with Crippen LogP contribution in [0.15, 0.2) is 109 Å². The van der Waals surface area contributed by atoms with Gasteiger partial charge in [0.2, 0.25) is 0 Å². The molecule has 16 nitrogen and oxygen atoms in total. The van der Waals surface area contributed by atoms with E-state index in [1.165, 1.54) is 83.5 Å². The van der Waals surface area contributed by atoms with Crippen LogP contribution in [0.1, 0.15) is 278 Å². The number of ether oxygens (including phenoxy) is 3. The summed E-state index contributed by atoms with van der Waals surface area (Å²) in [5, 5.41) is 20.5. The van der Waals surface area contributed by atoms with Crippen molar-refractivity contribution >= 4 is 33.6 Å². The molecule has 91 heavy (non-hydrogen) atoms. The largest absolute Gasteiger partial charge is 0.472 e. The molecule has 5 atom stereocenters. The Kier molecular flexibility index (Phi) is 63.5. The van der Waals surface area contributed by atoms with Crippen LogP contribution in [-0.4, -0.2) is 95.9 Å². The van der Waals surface area contributed by atoms with Gasteiger partial charge in [0.15, 0.2) is 6.10 Å². The van der Waals surface area contributed by atoms with E-state index in [-0.39, 0.29) is 19.3 Å². The maximum atomic E-state index is 12.9. The van der Waals surface area contributed by atoms with Gasteiger partial charge in [-0.2, -0.15) is 0 Å². The van der Waals surface area contributed by atoms with Crippen molar-refractivity contribution in [3.63, 3.8) is 0 Å². The third-order valence-electron chi connectivity index (χ3n) is 14.5. The van der Waals surface area contributed by atoms with E-state index in [1.54, 1.807) is 0 Å². The number of hydrogen-bond donors (Lipinski definition) is 4. The van der Waals surface area contributed by atoms with E-state index in [4.69, 9.17) is 32.3 Å². The van der Waals surface area contributed by atoms with E-state index in [0.717, 1.165) is 135 Å². The average Bonchev–Trinajstić information content (AvgIpc) is 3.09. The van der Waals surface area contributed by atoms with E-state index in [9.17, 15) is 43.5 Å². The van der Waals surface area contributed by atoms with Gasteiger partial charge in [-0.25, -0.2) is 9.13 Å². The molecule has 0 saturated heterocycles. The predicted octanol–water partition coefficient (Wildman–Crippen LogP) is 19.6. The molecule has 18 heteroatoms. The number of unbranched alkanes of at least 4 members (excludes halogenated alkanes) is 25. The van der Waals surface area contributed by atoms with Crippen LogP contribution in [0.2, 0.25) is 0 Å². The number of phosphoric acid groups is 2. The van der Waals surface area contributed by atoms with Gasteiger partial charge in [-0.15, -0.1) is 0 Å². The molecule has 0 saturated carbocycles. The summed E-state index contributed by atoms with van der Waals surface area (Å²) >= 11 is 0. The molecule has 0 radical (unpaired) electrons. The van der Waals surface area contributed by atoms with Crippen LogP contribution in [0.4, 0.5) is 0 Å². The first-order valence-corrected chi connectivity index (χ1v) is 38.2. The molecule has 0 aromatic carbocycles. The minimum absolute atomic E-state index is 0.103. The molecule has 0 spiro atoms. The Bertz CT molecular complexity index is 2100. The molecule has 0 aromatic rings. The lowest BCUT2D eigenvalue weighted by molar-refractivity contribution is -0.161. The van der Waals surface area contributed by atoms with Crippen LogP contribution in [0, 0.1) is 0 Å². The normalized spacial score (nSPS) is 14.8. The summed E-state index contributed by atoms with van der Waals surface area (Å²) in [5.74, 6) is -1.63. The summed E-state index contributed by atoms with van der Waals surface area (Å²) in [6.07, 6.45) is 74.2. The fourth-order valence-corrected chi connectivity index (χ4v) is 10.7. The zero-order chi connectivity index (χ0) is 66.7. The minimum atomic E-state index is -4.93. The molecule has 0 amide bonds. The summed E-state index contributed by atoms with van der Waals surface area (Å²) in [6.45, 7) is 2.48. The smallest absolute Gasteiger partial charge is 0.463 e. The first kappa shape index (κ1) is 87.2. The van der Waals surface area contributed by atoms with Gasteiger partial charge in [0.1, 0.15) is 25.4 Å². The van der Waals surface area contributed by atoms with Crippen LogP contribution in [0.5, 0.6) is 0 Å². The number of carbonyl (C=O) groups excluding carboxylic acids is 3. The maximum absolute atomic E-state index is 12.9. The molecule has 5 unspecified atom stereocenters. The molecular weight excluding hydrogens is 1190 g/mol. The van der Waals surface area contributed by atoms with Crippen LogP contribution >= 0.6 is 15.6 Å². The van der Waals surface area contributed by atoms with Crippen molar-refractivity contribution in [2.75, 3.05) is 39.6 Å². The Morgan fingerprint density at radius 2 is 0.582 bits per heavy atom. The number of carbonyl (C=O) groups is 3. The number of allylic oxidation sites excluding steroid dienone is 18. The van der Waals surface area contributed by atoms with Gasteiger partial charge in [-0.05, 0) is 109 Å². The number of aliphatic hydroxyl groups excluding tert-OH is 2. The molecule has 0 aliphatic rings. The second-order valence-corrected chi connectivity index (χ2v) is 26.2. The Morgan fingerprint density at radius 1 is 0.319 bits per heavy atom. The highest BCUT2D eigenvalue weighted by molar-refractivity contribution is 7.47. The van der Waals surface area contributed by atoms with Gasteiger partial charge in [-0.3, -0.25) is 32.5 Å². The van der Waals surface area contributed by atoms with E-state index in [2.05, 4.69) is 130 Å². The summed E-state index contributed by atoms with van der Waals surface area (Å²) in [4.78, 5) is 58.4. The number of phosphoric ester groups is 2. The van der Waals surface area contributed by atoms with Crippen molar-refractivity contribution in [3.05, 3.63) is 109 Å². The highest BCUT2D eigenvalue weighted by Crippen LogP contribution is 2.45. The Labute approximate surface area is 551 Å². The van der Waals surface area contributed by atoms with Crippen LogP contribution in [0.3, 0.4) is 0 Å². The van der Waals surface area contributed by atoms with Crippen LogP contribution in [0.25, 0.3) is 0 Å². The number of rotatable bonds is 66. The van der Waals surface area contributed by atoms with Crippen molar-refractivity contribution in [2.45, 2.75) is 296 Å². The van der Waals surface area contributed by atoms with Gasteiger partial charge in [0.05, 0.1) is 26.4 Å². The minimum Gasteiger partial charge on any atom is -0.463 e. The van der Waals surface area contributed by atoms with E-state index in [1.807, 2.05) is 0 Å². The Balaban J connectivity index is 4.71. The van der Waals surface area contributed by atoms with Gasteiger partial charge in [-0.1, -0.05) is 259 Å². The van der Waals surface area contributed by atoms with Gasteiger partial charge in [0, 0.05) is 19.3 Å². The zero-order valence-electron chi connectivity index (χ0n) is 56.7. The molecule has 0 fully saturated rings. The lowest BCUT2D eigenvalue weighted by Gasteiger charge is -2.21. The predicted molar refractivity (Wildman–Crippen MR) is 371 cm³/mol. The van der Waals surface area contributed by atoms with Crippen molar-refractivity contribution in [1.29, 1.82) is 0 Å². The van der Waals surface area contributed by atoms with Crippen LogP contribution < -0.4 is 0 Å². The number of aliphatic hydroxyl groups is 2. The van der Waals surface area contributed by atoms with E-state index < -0.39 is 91.5 Å². The third-order valence-corrected chi connectivity index (χ3v) is 16.4. The number of hydrogen-bond acceptors (Lipinski definition) is 14. The summed E-state index contributed by atoms with van der Waals surface area (Å²) in [6, 6.07) is 0. The number of esters is 3. The highest BCUT2D eigenvalue weighted by atomic mass is 31.2. The first-order chi connectivity index (χ1) is 44.2. The lowest BCUT2D eigenvalue weighted by atomic mass is 10.0. The molecule has 0 aliphatic carbocycles. The molecule has 0 aliphatic heterocycles. The molecule has 0 heterocycles. The van der Waals surface area contributed by atoms with Gasteiger partial charge < -0.3 is 34.2 Å². The first-order valence-electron chi connectivity index (χ1n) is 35.2. The molecule has 0 rings (SSSR count). The van der Waals surface area contributed by atoms with Crippen molar-refractivity contribution < 1.29 is 75.8 Å². The van der Waals surface area contributed by atoms with E-state index >= 15 is 0 Å². The highest BCUT2D eigenvalue weighted by Gasteiger charge is 2.29. The fraction of sp³-hybridized carbons (Fsp3) is 0.712. The van der Waals surface area contributed by atoms with Gasteiger partial charge in [0.25, 0.3) is 0 Å². The fourth-order valence-electron chi connectivity index (χ4n) is 9.11. The van der Waals surface area contributed by atoms with Crippen molar-refractivity contribution in [2.24, 2.45) is 0 Å². The quantitative estimate of drug-likeness (QED) is 0.0146. The van der Waals surface area contributed by atoms with Crippen molar-refractivity contribution in [3.8, 4) is 0 Å². The average molecular weight is 1320 g/mol. The third kappa shape index (κ3) is 67.4. The second kappa shape index (κ2) is 66.2. The van der Waals surface area contributed by atoms with Crippen LogP contribution in [-0.2, 0) is 55.8 Å². The van der Waals surface area contributed by atoms with Gasteiger partial charge >= 0.3 is 33.6 Å². The molecule has 0 bridgehead atoms. The summed E-state index contributed by atoms with van der Waals surface area (Å²) in [5.41, 5.74) is 0. The molecular formula is C73H126O16P2. The lowest BCUT2D eigenvalue weighted by Crippen LogP contribution is -2.30. The monoisotopic (exact) mass is 1320 g/mol. The second-order valence-electron chi connectivity index (χ2n) is 23.3.